The van der Waals surface area contributed by atoms with Gasteiger partial charge in [0, 0.05) is 56.0 Å². The largest absolute Gasteiger partial charge is 0.507 e. The fourth-order valence-electron chi connectivity index (χ4n) is 3.97. The van der Waals surface area contributed by atoms with Crippen molar-refractivity contribution >= 4 is 18.2 Å². The van der Waals surface area contributed by atoms with E-state index in [-0.39, 0.29) is 29.8 Å². The molecule has 0 aliphatic carbocycles. The Kier molecular flexibility index (Phi) is 7.68. The Morgan fingerprint density at radius 2 is 1.90 bits per heavy atom. The van der Waals surface area contributed by atoms with Gasteiger partial charge >= 0.3 is 0 Å². The van der Waals surface area contributed by atoms with Crippen molar-refractivity contribution < 1.29 is 14.2 Å². The first kappa shape index (κ1) is 23.2. The number of nitriles is 1. The van der Waals surface area contributed by atoms with Crippen molar-refractivity contribution in [3.05, 3.63) is 41.2 Å². The molecule has 1 aromatic heterocycles. The minimum Gasteiger partial charge on any atom is -0.507 e. The summed E-state index contributed by atoms with van der Waals surface area (Å²) in [5.41, 5.74) is 7.73. The molecule has 4 rings (SSSR count). The summed E-state index contributed by atoms with van der Waals surface area (Å²) < 4.78 is 19.8. The molecule has 9 heteroatoms. The van der Waals surface area contributed by atoms with Crippen LogP contribution in [0.2, 0.25) is 0 Å². The maximum Gasteiger partial charge on any atom is 0.141 e. The highest BCUT2D eigenvalue weighted by Crippen LogP contribution is 2.34. The lowest BCUT2D eigenvalue weighted by molar-refractivity contribution is 0.0339. The molecule has 2 aromatic rings. The monoisotopic (exact) mass is 447 g/mol. The molecule has 2 fully saturated rings. The van der Waals surface area contributed by atoms with Crippen LogP contribution in [0.4, 0.5) is 10.2 Å². The summed E-state index contributed by atoms with van der Waals surface area (Å²) in [6.07, 6.45) is 1.72. The van der Waals surface area contributed by atoms with Crippen LogP contribution in [0.15, 0.2) is 24.3 Å². The number of hydrogen-bond donors (Lipinski definition) is 2. The zero-order chi connectivity index (χ0) is 21.1. The number of benzene rings is 1. The molecule has 0 atom stereocenters. The van der Waals surface area contributed by atoms with Gasteiger partial charge in [-0.1, -0.05) is 6.07 Å². The Hall–Kier alpha value is -2.44. The van der Waals surface area contributed by atoms with Crippen molar-refractivity contribution in [3.63, 3.8) is 0 Å². The van der Waals surface area contributed by atoms with Crippen LogP contribution in [0.5, 0.6) is 5.75 Å². The summed E-state index contributed by atoms with van der Waals surface area (Å²) in [5.74, 6) is 0.203. The minimum absolute atomic E-state index is 0. The topological polar surface area (TPSA) is 98.6 Å². The first-order valence-electron chi connectivity index (χ1n) is 10.3. The van der Waals surface area contributed by atoms with Crippen LogP contribution in [-0.4, -0.2) is 60.4 Å². The van der Waals surface area contributed by atoms with Gasteiger partial charge in [0.1, 0.15) is 23.5 Å². The van der Waals surface area contributed by atoms with E-state index >= 15 is 0 Å². The molecule has 0 unspecified atom stereocenters. The van der Waals surface area contributed by atoms with Crippen molar-refractivity contribution in [2.75, 3.05) is 44.3 Å². The van der Waals surface area contributed by atoms with Gasteiger partial charge in [-0.15, -0.1) is 12.4 Å². The lowest BCUT2D eigenvalue weighted by Gasteiger charge is -2.32. The second kappa shape index (κ2) is 10.2. The molecule has 7 nitrogen and oxygen atoms in total. The number of aromatic nitrogens is 1. The standard InChI is InChI=1S/C22H26FN5O2.ClH/c23-19-11-15(1-2-16(19)13-24)22-18(14-27-7-9-30-10-8-27)20(29)12-21(26-22)28-5-3-17(25)4-6-28;/h1-2,11-12,17H,3-10,14,25H2,(H,26,29);1H. The Morgan fingerprint density at radius 3 is 2.55 bits per heavy atom. The van der Waals surface area contributed by atoms with E-state index in [1.807, 2.05) is 6.07 Å². The van der Waals surface area contributed by atoms with Crippen LogP contribution >= 0.6 is 12.4 Å². The number of halogens is 2. The van der Waals surface area contributed by atoms with Gasteiger partial charge in [-0.05, 0) is 25.0 Å². The van der Waals surface area contributed by atoms with Gasteiger partial charge in [-0.25, -0.2) is 9.37 Å². The summed E-state index contributed by atoms with van der Waals surface area (Å²) >= 11 is 0. The van der Waals surface area contributed by atoms with Crippen molar-refractivity contribution in [2.24, 2.45) is 5.73 Å². The number of ether oxygens (including phenoxy) is 1. The van der Waals surface area contributed by atoms with Gasteiger partial charge in [0.25, 0.3) is 0 Å². The fourth-order valence-corrected chi connectivity index (χ4v) is 3.97. The summed E-state index contributed by atoms with van der Waals surface area (Å²) in [6, 6.07) is 8.17. The van der Waals surface area contributed by atoms with Crippen molar-refractivity contribution in [2.45, 2.75) is 25.4 Å². The average molecular weight is 448 g/mol. The Bertz CT molecular complexity index is 954. The highest BCUT2D eigenvalue weighted by atomic mass is 35.5. The summed E-state index contributed by atoms with van der Waals surface area (Å²) in [5, 5.41) is 20.0. The van der Waals surface area contributed by atoms with E-state index in [9.17, 15) is 9.50 Å². The van der Waals surface area contributed by atoms with E-state index < -0.39 is 5.82 Å². The predicted octanol–water partition coefficient (Wildman–Crippen LogP) is 2.65. The number of hydrogen-bond acceptors (Lipinski definition) is 7. The van der Waals surface area contributed by atoms with Crippen molar-refractivity contribution in [1.29, 1.82) is 5.26 Å². The predicted molar refractivity (Wildman–Crippen MR) is 119 cm³/mol. The third-order valence-corrected chi connectivity index (χ3v) is 5.80. The first-order chi connectivity index (χ1) is 14.5. The number of rotatable bonds is 4. The molecule has 31 heavy (non-hydrogen) atoms. The van der Waals surface area contributed by atoms with Gasteiger partial charge < -0.3 is 20.5 Å². The highest BCUT2D eigenvalue weighted by molar-refractivity contribution is 5.85. The number of pyridine rings is 1. The maximum atomic E-state index is 14.4. The second-order valence-corrected chi connectivity index (χ2v) is 7.85. The van der Waals surface area contributed by atoms with Gasteiger partial charge in [0.15, 0.2) is 0 Å². The SMILES string of the molecule is Cl.N#Cc1ccc(-c2nc(N3CCC(N)CC3)cc(O)c2CN2CCOCC2)cc1F. The number of nitrogens with two attached hydrogens (primary N) is 1. The Labute approximate surface area is 187 Å². The molecule has 0 bridgehead atoms. The van der Waals surface area contributed by atoms with Crippen LogP contribution in [0, 0.1) is 17.1 Å². The van der Waals surface area contributed by atoms with E-state index in [1.165, 1.54) is 12.1 Å². The minimum atomic E-state index is -0.594. The zero-order valence-electron chi connectivity index (χ0n) is 17.3. The maximum absolute atomic E-state index is 14.4. The number of piperidine rings is 1. The molecule has 0 amide bonds. The lowest BCUT2D eigenvalue weighted by Crippen LogP contribution is -2.40. The van der Waals surface area contributed by atoms with Gasteiger partial charge in [-0.2, -0.15) is 5.26 Å². The second-order valence-electron chi connectivity index (χ2n) is 7.85. The van der Waals surface area contributed by atoms with Gasteiger partial charge in [0.2, 0.25) is 0 Å². The Morgan fingerprint density at radius 1 is 1.19 bits per heavy atom. The summed E-state index contributed by atoms with van der Waals surface area (Å²) in [4.78, 5) is 9.12. The summed E-state index contributed by atoms with van der Waals surface area (Å²) in [6.45, 7) is 4.81. The number of morpholine rings is 1. The van der Waals surface area contributed by atoms with Crippen LogP contribution in [0.25, 0.3) is 11.3 Å². The zero-order valence-corrected chi connectivity index (χ0v) is 18.1. The molecule has 0 radical (unpaired) electrons. The molecule has 1 aromatic carbocycles. The van der Waals surface area contributed by atoms with Crippen LogP contribution < -0.4 is 10.6 Å². The normalized spacial score (nSPS) is 17.8. The molecule has 166 valence electrons. The Balaban J connectivity index is 0.00000272. The number of aromatic hydroxyl groups is 1. The highest BCUT2D eigenvalue weighted by Gasteiger charge is 2.23. The number of nitrogens with zero attached hydrogens (tertiary/aromatic N) is 4. The van der Waals surface area contributed by atoms with Crippen molar-refractivity contribution in [1.82, 2.24) is 9.88 Å². The van der Waals surface area contributed by atoms with Crippen LogP contribution in [0.1, 0.15) is 24.0 Å². The number of anilines is 1. The van der Waals surface area contributed by atoms with E-state index in [0.717, 1.165) is 39.0 Å². The smallest absolute Gasteiger partial charge is 0.141 e. The summed E-state index contributed by atoms with van der Waals surface area (Å²) in [7, 11) is 0. The van der Waals surface area contributed by atoms with Gasteiger partial charge in [-0.3, -0.25) is 4.90 Å². The molecule has 2 aliphatic rings. The molecular weight excluding hydrogens is 421 g/mol. The lowest BCUT2D eigenvalue weighted by atomic mass is 10.0. The van der Waals surface area contributed by atoms with Gasteiger partial charge in [0.05, 0.1) is 24.5 Å². The quantitative estimate of drug-likeness (QED) is 0.743. The van der Waals surface area contributed by atoms with E-state index in [0.29, 0.717) is 42.4 Å². The third-order valence-electron chi connectivity index (χ3n) is 5.80. The molecule has 0 saturated carbocycles. The molecule has 2 aliphatic heterocycles. The van der Waals surface area contributed by atoms with Crippen molar-refractivity contribution in [3.8, 4) is 23.1 Å². The van der Waals surface area contributed by atoms with E-state index in [1.54, 1.807) is 12.1 Å². The molecule has 0 spiro atoms. The fraction of sp³-hybridized carbons (Fsp3) is 0.455. The molecule has 3 N–H and O–H groups in total. The van der Waals surface area contributed by atoms with E-state index in [2.05, 4.69) is 9.80 Å². The van der Waals surface area contributed by atoms with Crippen LogP contribution in [0.3, 0.4) is 0 Å². The third kappa shape index (κ3) is 5.25. The van der Waals surface area contributed by atoms with E-state index in [4.69, 9.17) is 20.7 Å². The average Bonchev–Trinajstić information content (AvgIpc) is 2.76. The van der Waals surface area contributed by atoms with Crippen LogP contribution in [-0.2, 0) is 11.3 Å². The first-order valence-corrected chi connectivity index (χ1v) is 10.3. The molecule has 3 heterocycles. The molecular formula is C22H27ClFN5O2. The molecule has 2 saturated heterocycles.